The Hall–Kier alpha value is -4.54. The Morgan fingerprint density at radius 3 is 2.13 bits per heavy atom. The number of halogens is 1. The summed E-state index contributed by atoms with van der Waals surface area (Å²) in [5, 5.41) is 3.52. The monoisotopic (exact) mass is 675 g/mol. The van der Waals surface area contributed by atoms with Crippen LogP contribution in [0.4, 0.5) is 5.69 Å². The molecule has 5 rings (SSSR count). The molecule has 0 fully saturated rings. The molecule has 4 aromatic carbocycles. The zero-order valence-electron chi connectivity index (χ0n) is 26.3. The SMILES string of the molecule is CC(C)CNC(=O)C(Cc1ccccc1)N(Cc1ccc(Cl)cc1)C(=O)CN(c1ccc2c(c1)OCCO2)S(=O)(=O)c1ccccc1. The molecule has 246 valence electrons. The molecule has 1 aliphatic rings. The van der Waals surface area contributed by atoms with E-state index >= 15 is 0 Å². The number of nitrogens with zero attached hydrogens (tertiary/aromatic N) is 2. The van der Waals surface area contributed by atoms with E-state index in [4.69, 9.17) is 21.1 Å². The lowest BCUT2D eigenvalue weighted by molar-refractivity contribution is -0.140. The van der Waals surface area contributed by atoms with Gasteiger partial charge in [0.05, 0.1) is 10.6 Å². The maximum absolute atomic E-state index is 14.6. The van der Waals surface area contributed by atoms with Crippen LogP contribution < -0.4 is 19.1 Å². The van der Waals surface area contributed by atoms with E-state index in [0.29, 0.717) is 36.3 Å². The second-order valence-electron chi connectivity index (χ2n) is 11.6. The first kappa shape index (κ1) is 33.8. The van der Waals surface area contributed by atoms with Gasteiger partial charge in [-0.2, -0.15) is 0 Å². The molecule has 0 spiro atoms. The van der Waals surface area contributed by atoms with Crippen LogP contribution in [0.25, 0.3) is 0 Å². The molecular weight excluding hydrogens is 638 g/mol. The predicted octanol–water partition coefficient (Wildman–Crippen LogP) is 5.72. The van der Waals surface area contributed by atoms with Gasteiger partial charge in [-0.15, -0.1) is 0 Å². The Bertz CT molecular complexity index is 1770. The van der Waals surface area contributed by atoms with Crippen molar-refractivity contribution in [3.63, 3.8) is 0 Å². The minimum Gasteiger partial charge on any atom is -0.486 e. The first-order chi connectivity index (χ1) is 22.6. The van der Waals surface area contributed by atoms with Crippen LogP contribution in [-0.2, 0) is 32.6 Å². The second-order valence-corrected chi connectivity index (χ2v) is 13.9. The molecule has 1 atom stereocenters. The molecule has 0 saturated carbocycles. The Balaban J connectivity index is 1.57. The van der Waals surface area contributed by atoms with Crippen LogP contribution in [0.3, 0.4) is 0 Å². The van der Waals surface area contributed by atoms with Gasteiger partial charge in [-0.25, -0.2) is 8.42 Å². The molecule has 0 radical (unpaired) electrons. The fourth-order valence-electron chi connectivity index (χ4n) is 5.20. The molecule has 1 N–H and O–H groups in total. The van der Waals surface area contributed by atoms with Gasteiger partial charge in [0.25, 0.3) is 10.0 Å². The first-order valence-electron chi connectivity index (χ1n) is 15.4. The van der Waals surface area contributed by atoms with Crippen LogP contribution in [-0.4, -0.2) is 57.5 Å². The van der Waals surface area contributed by atoms with E-state index in [-0.39, 0.29) is 35.4 Å². The summed E-state index contributed by atoms with van der Waals surface area (Å²) in [6.07, 6.45) is 0.222. The number of anilines is 1. The van der Waals surface area contributed by atoms with Gasteiger partial charge in [0.2, 0.25) is 11.8 Å². The van der Waals surface area contributed by atoms with Gasteiger partial charge >= 0.3 is 0 Å². The van der Waals surface area contributed by atoms with Crippen molar-refractivity contribution in [1.29, 1.82) is 0 Å². The molecule has 11 heteroatoms. The van der Waals surface area contributed by atoms with Crippen LogP contribution >= 0.6 is 11.6 Å². The number of rotatable bonds is 13. The number of sulfonamides is 1. The molecule has 1 aliphatic heterocycles. The van der Waals surface area contributed by atoms with E-state index in [1.165, 1.54) is 17.0 Å². The lowest BCUT2D eigenvalue weighted by atomic mass is 10.0. The number of fused-ring (bicyclic) bond motifs is 1. The minimum atomic E-state index is -4.24. The van der Waals surface area contributed by atoms with Gasteiger partial charge in [0, 0.05) is 30.6 Å². The van der Waals surface area contributed by atoms with Crippen molar-refractivity contribution in [2.75, 3.05) is 30.6 Å². The van der Waals surface area contributed by atoms with Gasteiger partial charge < -0.3 is 19.7 Å². The Kier molecular flexibility index (Phi) is 11.1. The maximum atomic E-state index is 14.6. The fraction of sp³-hybridized carbons (Fsp3) is 0.278. The molecule has 47 heavy (non-hydrogen) atoms. The number of amides is 2. The summed E-state index contributed by atoms with van der Waals surface area (Å²) in [5.74, 6) is 0.148. The third-order valence-electron chi connectivity index (χ3n) is 7.65. The van der Waals surface area contributed by atoms with Crippen molar-refractivity contribution >= 4 is 39.1 Å². The molecule has 0 saturated heterocycles. The average Bonchev–Trinajstić information content (AvgIpc) is 3.09. The lowest BCUT2D eigenvalue weighted by Crippen LogP contribution is -2.53. The quantitative estimate of drug-likeness (QED) is 0.194. The van der Waals surface area contributed by atoms with Crippen molar-refractivity contribution in [1.82, 2.24) is 10.2 Å². The minimum absolute atomic E-state index is 0.0162. The van der Waals surface area contributed by atoms with E-state index in [0.717, 1.165) is 15.4 Å². The summed E-state index contributed by atoms with van der Waals surface area (Å²) in [6, 6.07) is 28.2. The third-order valence-corrected chi connectivity index (χ3v) is 9.69. The van der Waals surface area contributed by atoms with Crippen LogP contribution in [0.1, 0.15) is 25.0 Å². The summed E-state index contributed by atoms with van der Waals surface area (Å²) in [4.78, 5) is 30.0. The number of hydrogen-bond donors (Lipinski definition) is 1. The van der Waals surface area contributed by atoms with Gasteiger partial charge in [-0.05, 0) is 53.4 Å². The highest BCUT2D eigenvalue weighted by Gasteiger charge is 2.35. The highest BCUT2D eigenvalue weighted by Crippen LogP contribution is 2.36. The molecule has 1 unspecified atom stereocenters. The topological polar surface area (TPSA) is 105 Å². The van der Waals surface area contributed by atoms with E-state index < -0.39 is 28.5 Å². The Morgan fingerprint density at radius 2 is 1.47 bits per heavy atom. The highest BCUT2D eigenvalue weighted by molar-refractivity contribution is 7.92. The summed E-state index contributed by atoms with van der Waals surface area (Å²) in [5.41, 5.74) is 1.81. The molecule has 1 heterocycles. The standard InChI is InChI=1S/C36H38ClN3O6S/c1-26(2)23-38-36(42)32(21-27-9-5-3-6-10-27)39(24-28-13-15-29(37)16-14-28)35(41)25-40(47(43,44)31-11-7-4-8-12-31)30-17-18-33-34(22-30)46-20-19-45-33/h3-18,22,26,32H,19-21,23-25H2,1-2H3,(H,38,42). The van der Waals surface area contributed by atoms with Crippen LogP contribution in [0.15, 0.2) is 108 Å². The van der Waals surface area contributed by atoms with Gasteiger partial charge in [0.15, 0.2) is 11.5 Å². The van der Waals surface area contributed by atoms with E-state index in [9.17, 15) is 18.0 Å². The summed E-state index contributed by atoms with van der Waals surface area (Å²) in [6.45, 7) is 4.54. The number of carbonyl (C=O) groups is 2. The summed E-state index contributed by atoms with van der Waals surface area (Å²) in [7, 11) is -4.24. The zero-order chi connectivity index (χ0) is 33.4. The van der Waals surface area contributed by atoms with Crippen molar-refractivity contribution in [3.8, 4) is 11.5 Å². The largest absolute Gasteiger partial charge is 0.486 e. The normalized spacial score (nSPS) is 13.1. The molecular formula is C36H38ClN3O6S. The molecule has 0 bridgehead atoms. The molecule has 4 aromatic rings. The molecule has 2 amide bonds. The van der Waals surface area contributed by atoms with Crippen molar-refractivity contribution < 1.29 is 27.5 Å². The zero-order valence-corrected chi connectivity index (χ0v) is 27.9. The average molecular weight is 676 g/mol. The summed E-state index contributed by atoms with van der Waals surface area (Å²) >= 11 is 6.16. The number of ether oxygens (including phenoxy) is 2. The van der Waals surface area contributed by atoms with E-state index in [1.807, 2.05) is 44.2 Å². The third kappa shape index (κ3) is 8.64. The smallest absolute Gasteiger partial charge is 0.264 e. The molecule has 0 aromatic heterocycles. The van der Waals surface area contributed by atoms with E-state index in [1.54, 1.807) is 60.7 Å². The van der Waals surface area contributed by atoms with Gasteiger partial charge in [0.1, 0.15) is 25.8 Å². The molecule has 9 nitrogen and oxygen atoms in total. The fourth-order valence-corrected chi connectivity index (χ4v) is 6.75. The Morgan fingerprint density at radius 1 is 0.830 bits per heavy atom. The second kappa shape index (κ2) is 15.4. The van der Waals surface area contributed by atoms with Crippen LogP contribution in [0, 0.1) is 5.92 Å². The van der Waals surface area contributed by atoms with Crippen molar-refractivity contribution in [3.05, 3.63) is 119 Å². The Labute approximate surface area is 281 Å². The lowest BCUT2D eigenvalue weighted by Gasteiger charge is -2.34. The van der Waals surface area contributed by atoms with Gasteiger partial charge in [-0.3, -0.25) is 13.9 Å². The van der Waals surface area contributed by atoms with Crippen LogP contribution in [0.2, 0.25) is 5.02 Å². The maximum Gasteiger partial charge on any atom is 0.264 e. The highest BCUT2D eigenvalue weighted by atomic mass is 35.5. The number of carbonyl (C=O) groups excluding carboxylic acids is 2. The van der Waals surface area contributed by atoms with Crippen LogP contribution in [0.5, 0.6) is 11.5 Å². The molecule has 0 aliphatic carbocycles. The van der Waals surface area contributed by atoms with Gasteiger partial charge in [-0.1, -0.05) is 86.1 Å². The summed E-state index contributed by atoms with van der Waals surface area (Å²) < 4.78 is 40.9. The first-order valence-corrected chi connectivity index (χ1v) is 17.3. The van der Waals surface area contributed by atoms with Crippen molar-refractivity contribution in [2.24, 2.45) is 5.92 Å². The number of nitrogens with one attached hydrogen (secondary N) is 1. The number of benzene rings is 4. The number of hydrogen-bond acceptors (Lipinski definition) is 6. The van der Waals surface area contributed by atoms with Crippen molar-refractivity contribution in [2.45, 2.75) is 37.8 Å². The van der Waals surface area contributed by atoms with E-state index in [2.05, 4.69) is 5.32 Å². The predicted molar refractivity (Wildman–Crippen MR) is 182 cm³/mol.